The molecule has 0 fully saturated rings. The van der Waals surface area contributed by atoms with Crippen molar-refractivity contribution < 1.29 is 0 Å². The summed E-state index contributed by atoms with van der Waals surface area (Å²) in [6, 6.07) is 0. The molecule has 4 nitrogen and oxygen atoms in total. The van der Waals surface area contributed by atoms with Crippen LogP contribution in [0.1, 0.15) is 40.0 Å². The highest BCUT2D eigenvalue weighted by molar-refractivity contribution is 6.70. The summed E-state index contributed by atoms with van der Waals surface area (Å²) in [6.45, 7) is 13.4. The Morgan fingerprint density at radius 1 is 0.875 bits per heavy atom. The summed E-state index contributed by atoms with van der Waals surface area (Å²) in [5.41, 5.74) is 0. The molecular weight excluding hydrogens is 216 g/mol. The van der Waals surface area contributed by atoms with Crippen molar-refractivity contribution in [3.8, 4) is 0 Å². The summed E-state index contributed by atoms with van der Waals surface area (Å²) < 4.78 is 0. The molecule has 0 aliphatic carbocycles. The van der Waals surface area contributed by atoms with Gasteiger partial charge in [-0.2, -0.15) is 0 Å². The lowest BCUT2D eigenvalue weighted by molar-refractivity contribution is 0.681. The molecule has 0 radical (unpaired) electrons. The Morgan fingerprint density at radius 3 is 1.50 bits per heavy atom. The SMILES string of the molecule is C=CN[Si](NCCC)(NCCC)NCCC. The quantitative estimate of drug-likeness (QED) is 0.412. The minimum Gasteiger partial charge on any atom is -0.381 e. The van der Waals surface area contributed by atoms with Crippen molar-refractivity contribution in [1.29, 1.82) is 0 Å². The van der Waals surface area contributed by atoms with E-state index in [1.54, 1.807) is 6.20 Å². The zero-order chi connectivity index (χ0) is 12.3. The van der Waals surface area contributed by atoms with Crippen LogP contribution in [0.5, 0.6) is 0 Å². The van der Waals surface area contributed by atoms with Gasteiger partial charge in [0.05, 0.1) is 0 Å². The average molecular weight is 244 g/mol. The van der Waals surface area contributed by atoms with Gasteiger partial charge in [0.1, 0.15) is 0 Å². The van der Waals surface area contributed by atoms with Crippen LogP contribution < -0.4 is 19.9 Å². The Hall–Kier alpha value is -0.363. The van der Waals surface area contributed by atoms with E-state index in [4.69, 9.17) is 0 Å². The third-order valence-electron chi connectivity index (χ3n) is 2.24. The van der Waals surface area contributed by atoms with Crippen LogP contribution in [-0.2, 0) is 0 Å². The first-order chi connectivity index (χ1) is 7.74. The molecule has 0 unspecified atom stereocenters. The van der Waals surface area contributed by atoms with Gasteiger partial charge in [0.25, 0.3) is 0 Å². The molecule has 0 saturated carbocycles. The number of hydrogen-bond donors (Lipinski definition) is 4. The Bertz CT molecular complexity index is 154. The molecule has 0 saturated heterocycles. The summed E-state index contributed by atoms with van der Waals surface area (Å²) in [6.07, 6.45) is 5.18. The summed E-state index contributed by atoms with van der Waals surface area (Å²) >= 11 is 0. The van der Waals surface area contributed by atoms with E-state index in [1.807, 2.05) is 0 Å². The summed E-state index contributed by atoms with van der Waals surface area (Å²) in [5, 5.41) is 0. The van der Waals surface area contributed by atoms with Gasteiger partial charge in [-0.25, -0.2) is 0 Å². The fourth-order valence-corrected chi connectivity index (χ4v) is 4.29. The van der Waals surface area contributed by atoms with E-state index in [-0.39, 0.29) is 0 Å². The molecule has 0 atom stereocenters. The van der Waals surface area contributed by atoms with E-state index in [2.05, 4.69) is 47.3 Å². The van der Waals surface area contributed by atoms with E-state index in [9.17, 15) is 0 Å². The third-order valence-corrected chi connectivity index (χ3v) is 5.22. The smallest absolute Gasteiger partial charge is 0.381 e. The minimum atomic E-state index is -1.98. The molecule has 0 aliphatic heterocycles. The van der Waals surface area contributed by atoms with Gasteiger partial charge in [-0.15, -0.1) is 0 Å². The van der Waals surface area contributed by atoms with Crippen molar-refractivity contribution in [2.75, 3.05) is 19.6 Å². The van der Waals surface area contributed by atoms with Crippen LogP contribution in [0.25, 0.3) is 0 Å². The lowest BCUT2D eigenvalue weighted by Gasteiger charge is -2.33. The Morgan fingerprint density at radius 2 is 1.25 bits per heavy atom. The van der Waals surface area contributed by atoms with Crippen LogP contribution in [0.15, 0.2) is 12.8 Å². The zero-order valence-electron chi connectivity index (χ0n) is 11.0. The van der Waals surface area contributed by atoms with Crippen molar-refractivity contribution in [3.05, 3.63) is 12.8 Å². The predicted octanol–water partition coefficient (Wildman–Crippen LogP) is 1.15. The molecule has 0 bridgehead atoms. The monoisotopic (exact) mass is 244 g/mol. The van der Waals surface area contributed by atoms with E-state index in [0.29, 0.717) is 0 Å². The van der Waals surface area contributed by atoms with Crippen LogP contribution in [0.3, 0.4) is 0 Å². The van der Waals surface area contributed by atoms with Crippen molar-refractivity contribution in [2.24, 2.45) is 0 Å². The first-order valence-corrected chi connectivity index (χ1v) is 8.38. The summed E-state index contributed by atoms with van der Waals surface area (Å²) in [7, 11) is -1.98. The fourth-order valence-electron chi connectivity index (χ4n) is 1.43. The van der Waals surface area contributed by atoms with Gasteiger partial charge in [0.2, 0.25) is 0 Å². The number of rotatable bonds is 11. The highest BCUT2D eigenvalue weighted by atomic mass is 28.4. The molecule has 0 aliphatic rings. The molecule has 0 amide bonds. The van der Waals surface area contributed by atoms with Crippen LogP contribution in [0.4, 0.5) is 0 Å². The zero-order valence-corrected chi connectivity index (χ0v) is 12.0. The van der Waals surface area contributed by atoms with E-state index >= 15 is 0 Å². The summed E-state index contributed by atoms with van der Waals surface area (Å²) in [5.74, 6) is 0. The second kappa shape index (κ2) is 9.83. The first-order valence-electron chi connectivity index (χ1n) is 6.38. The van der Waals surface area contributed by atoms with Crippen LogP contribution >= 0.6 is 0 Å². The molecule has 5 heteroatoms. The Labute approximate surface area is 102 Å². The highest BCUT2D eigenvalue weighted by Crippen LogP contribution is 1.88. The van der Waals surface area contributed by atoms with Gasteiger partial charge in [-0.3, -0.25) is 14.9 Å². The molecule has 16 heavy (non-hydrogen) atoms. The molecule has 0 aromatic rings. The third kappa shape index (κ3) is 6.27. The minimum absolute atomic E-state index is 1.01. The maximum atomic E-state index is 3.77. The molecule has 96 valence electrons. The lowest BCUT2D eigenvalue weighted by atomic mass is 10.5. The van der Waals surface area contributed by atoms with E-state index in [1.165, 1.54) is 0 Å². The highest BCUT2D eigenvalue weighted by Gasteiger charge is 2.32. The van der Waals surface area contributed by atoms with E-state index in [0.717, 1.165) is 38.9 Å². The van der Waals surface area contributed by atoms with Gasteiger partial charge in [0.15, 0.2) is 0 Å². The van der Waals surface area contributed by atoms with Crippen LogP contribution in [0, 0.1) is 0 Å². The van der Waals surface area contributed by atoms with Gasteiger partial charge in [-0.1, -0.05) is 27.4 Å². The van der Waals surface area contributed by atoms with Crippen molar-refractivity contribution in [1.82, 2.24) is 19.9 Å². The maximum absolute atomic E-state index is 3.77. The largest absolute Gasteiger partial charge is 0.396 e. The van der Waals surface area contributed by atoms with Crippen LogP contribution in [0.2, 0.25) is 0 Å². The second-order valence-electron chi connectivity index (χ2n) is 3.88. The second-order valence-corrected chi connectivity index (χ2v) is 6.73. The molecule has 0 rings (SSSR count). The number of nitrogens with one attached hydrogen (secondary N) is 4. The van der Waals surface area contributed by atoms with Gasteiger partial charge >= 0.3 is 8.72 Å². The lowest BCUT2D eigenvalue weighted by Crippen LogP contribution is -2.79. The first kappa shape index (κ1) is 15.6. The maximum Gasteiger partial charge on any atom is 0.396 e. The van der Waals surface area contributed by atoms with Crippen molar-refractivity contribution in [3.63, 3.8) is 0 Å². The predicted molar refractivity (Wildman–Crippen MR) is 74.0 cm³/mol. The van der Waals surface area contributed by atoms with Crippen LogP contribution in [-0.4, -0.2) is 28.4 Å². The average Bonchev–Trinajstić information content (AvgIpc) is 2.31. The van der Waals surface area contributed by atoms with Gasteiger partial charge in [0, 0.05) is 0 Å². The summed E-state index contributed by atoms with van der Waals surface area (Å²) in [4.78, 5) is 14.1. The van der Waals surface area contributed by atoms with Crippen molar-refractivity contribution >= 4 is 8.72 Å². The van der Waals surface area contributed by atoms with E-state index < -0.39 is 8.72 Å². The molecular formula is C11H28N4Si. The Balaban J connectivity index is 4.37. The van der Waals surface area contributed by atoms with Gasteiger partial charge in [-0.05, 0) is 45.1 Å². The Kier molecular flexibility index (Phi) is 9.61. The molecule has 0 spiro atoms. The molecule has 0 heterocycles. The van der Waals surface area contributed by atoms with Crippen molar-refractivity contribution in [2.45, 2.75) is 40.0 Å². The van der Waals surface area contributed by atoms with Gasteiger partial charge < -0.3 is 4.98 Å². The molecule has 0 aromatic carbocycles. The standard InChI is InChI=1S/C11H28N4Si/c1-5-9-13-16(12-8-4,14-10-6-2)15-11-7-3/h8,12-15H,4-7,9-11H2,1-3H3. The number of hydrogen-bond acceptors (Lipinski definition) is 4. The topological polar surface area (TPSA) is 48.1 Å². The normalized spacial score (nSPS) is 11.4. The molecule has 0 aromatic heterocycles. The fraction of sp³-hybridized carbons (Fsp3) is 0.818. The molecule has 4 N–H and O–H groups in total.